The molecule has 1 aliphatic rings. The number of hydrogen-bond acceptors (Lipinski definition) is 0. The van der Waals surface area contributed by atoms with Gasteiger partial charge in [0.15, 0.2) is 0 Å². The molecule has 0 bridgehead atoms. The second-order valence-corrected chi connectivity index (χ2v) is 4.78. The molecule has 0 heteroatoms. The zero-order valence-electron chi connectivity index (χ0n) is 9.22. The monoisotopic (exact) mass is 176 g/mol. The van der Waals surface area contributed by atoms with E-state index in [1.807, 2.05) is 0 Å². The van der Waals surface area contributed by atoms with Crippen LogP contribution in [-0.4, -0.2) is 0 Å². The van der Waals surface area contributed by atoms with Crippen molar-refractivity contribution in [2.75, 3.05) is 0 Å². The van der Waals surface area contributed by atoms with E-state index in [2.05, 4.69) is 52.0 Å². The van der Waals surface area contributed by atoms with E-state index in [1.165, 1.54) is 24.0 Å². The zero-order chi connectivity index (χ0) is 9.90. The van der Waals surface area contributed by atoms with E-state index in [-0.39, 0.29) is 0 Å². The van der Waals surface area contributed by atoms with Crippen molar-refractivity contribution >= 4 is 0 Å². The average molecular weight is 176 g/mol. The van der Waals surface area contributed by atoms with Crippen LogP contribution >= 0.6 is 0 Å². The molecule has 0 spiro atoms. The molecule has 0 amide bonds. The van der Waals surface area contributed by atoms with Crippen LogP contribution in [0, 0.1) is 5.41 Å². The molecule has 0 atom stereocenters. The fourth-order valence-corrected chi connectivity index (χ4v) is 2.12. The Morgan fingerprint density at radius 3 is 2.54 bits per heavy atom. The quantitative estimate of drug-likeness (QED) is 0.560. The van der Waals surface area contributed by atoms with Gasteiger partial charge in [0.25, 0.3) is 0 Å². The first-order valence-electron chi connectivity index (χ1n) is 5.02. The Morgan fingerprint density at radius 1 is 1.31 bits per heavy atom. The van der Waals surface area contributed by atoms with Crippen molar-refractivity contribution in [1.82, 2.24) is 0 Å². The van der Waals surface area contributed by atoms with Crippen LogP contribution in [-0.2, 0) is 0 Å². The Labute approximate surface area is 82.0 Å². The van der Waals surface area contributed by atoms with Gasteiger partial charge in [0.2, 0.25) is 0 Å². The Balaban J connectivity index is 2.84. The van der Waals surface area contributed by atoms with Gasteiger partial charge in [-0.25, -0.2) is 0 Å². The first-order valence-corrected chi connectivity index (χ1v) is 5.02. The lowest BCUT2D eigenvalue weighted by Gasteiger charge is -2.30. The third kappa shape index (κ3) is 3.22. The van der Waals surface area contributed by atoms with Gasteiger partial charge >= 0.3 is 0 Å². The van der Waals surface area contributed by atoms with Crippen LogP contribution in [0.3, 0.4) is 0 Å². The molecular weight excluding hydrogens is 156 g/mol. The molecule has 0 aromatic carbocycles. The predicted octanol–water partition coefficient (Wildman–Crippen LogP) is 4.26. The molecule has 0 saturated heterocycles. The van der Waals surface area contributed by atoms with Gasteiger partial charge < -0.3 is 0 Å². The Hall–Kier alpha value is -0.780. The largest absolute Gasteiger partial charge is 0.0877 e. The summed E-state index contributed by atoms with van der Waals surface area (Å²) in [5, 5.41) is 0. The van der Waals surface area contributed by atoms with E-state index in [0.717, 1.165) is 0 Å². The van der Waals surface area contributed by atoms with Crippen molar-refractivity contribution in [3.63, 3.8) is 0 Å². The molecule has 13 heavy (non-hydrogen) atoms. The highest BCUT2D eigenvalue weighted by molar-refractivity contribution is 5.31. The molecular formula is C13H20. The Kier molecular flexibility index (Phi) is 3.13. The average Bonchev–Trinajstić information content (AvgIpc) is 1.97. The first kappa shape index (κ1) is 10.3. The first-order chi connectivity index (χ1) is 6.03. The fraction of sp³-hybridized carbons (Fsp3) is 0.538. The van der Waals surface area contributed by atoms with Gasteiger partial charge in [-0.05, 0) is 37.7 Å². The summed E-state index contributed by atoms with van der Waals surface area (Å²) in [5.74, 6) is 0. The minimum Gasteiger partial charge on any atom is -0.0877 e. The van der Waals surface area contributed by atoms with Crippen LogP contribution in [0.15, 0.2) is 35.5 Å². The van der Waals surface area contributed by atoms with E-state index in [1.54, 1.807) is 0 Å². The molecule has 0 aromatic heterocycles. The molecule has 0 unspecified atom stereocenters. The van der Waals surface area contributed by atoms with Gasteiger partial charge in [0, 0.05) is 0 Å². The summed E-state index contributed by atoms with van der Waals surface area (Å²) >= 11 is 0. The lowest BCUT2D eigenvalue weighted by atomic mass is 9.75. The molecule has 0 N–H and O–H groups in total. The predicted molar refractivity (Wildman–Crippen MR) is 59.7 cm³/mol. The van der Waals surface area contributed by atoms with Gasteiger partial charge in [-0.2, -0.15) is 0 Å². The topological polar surface area (TPSA) is 0 Å². The number of rotatable bonds is 1. The van der Waals surface area contributed by atoms with Gasteiger partial charge in [0.05, 0.1) is 0 Å². The van der Waals surface area contributed by atoms with Crippen molar-refractivity contribution in [2.24, 2.45) is 5.41 Å². The maximum Gasteiger partial charge on any atom is -0.0224 e. The minimum absolute atomic E-state index is 0.451. The smallest absolute Gasteiger partial charge is 0.0224 e. The molecule has 0 nitrogen and oxygen atoms in total. The van der Waals surface area contributed by atoms with Gasteiger partial charge in [-0.15, -0.1) is 0 Å². The highest BCUT2D eigenvalue weighted by Gasteiger charge is 2.22. The fourth-order valence-electron chi connectivity index (χ4n) is 2.12. The van der Waals surface area contributed by atoms with Crippen LogP contribution in [0.2, 0.25) is 0 Å². The maximum atomic E-state index is 2.34. The zero-order valence-corrected chi connectivity index (χ0v) is 9.22. The second-order valence-electron chi connectivity index (χ2n) is 4.78. The number of hydrogen-bond donors (Lipinski definition) is 0. The third-order valence-electron chi connectivity index (χ3n) is 2.37. The third-order valence-corrected chi connectivity index (χ3v) is 2.37. The normalized spacial score (nSPS) is 25.2. The molecule has 72 valence electrons. The lowest BCUT2D eigenvalue weighted by molar-refractivity contribution is 0.351. The van der Waals surface area contributed by atoms with Crippen LogP contribution in [0.4, 0.5) is 0 Å². The molecule has 1 aliphatic carbocycles. The van der Waals surface area contributed by atoms with Crippen molar-refractivity contribution in [3.8, 4) is 0 Å². The highest BCUT2D eigenvalue weighted by atomic mass is 14.3. The van der Waals surface area contributed by atoms with E-state index >= 15 is 0 Å². The van der Waals surface area contributed by atoms with Gasteiger partial charge in [-0.1, -0.05) is 43.7 Å². The summed E-state index contributed by atoms with van der Waals surface area (Å²) in [4.78, 5) is 0. The van der Waals surface area contributed by atoms with Crippen LogP contribution in [0.5, 0.6) is 0 Å². The molecule has 0 saturated carbocycles. The van der Waals surface area contributed by atoms with Crippen LogP contribution < -0.4 is 0 Å². The molecule has 0 aromatic rings. The Morgan fingerprint density at radius 2 is 2.00 bits per heavy atom. The summed E-state index contributed by atoms with van der Waals surface area (Å²) in [6.45, 7) is 8.96. The highest BCUT2D eigenvalue weighted by Crippen LogP contribution is 2.37. The van der Waals surface area contributed by atoms with Gasteiger partial charge in [-0.3, -0.25) is 0 Å². The summed E-state index contributed by atoms with van der Waals surface area (Å²) in [5.41, 5.74) is 3.42. The summed E-state index contributed by atoms with van der Waals surface area (Å²) in [7, 11) is 0. The van der Waals surface area contributed by atoms with Gasteiger partial charge in [0.1, 0.15) is 0 Å². The molecule has 0 heterocycles. The van der Waals surface area contributed by atoms with E-state index < -0.39 is 0 Å². The second kappa shape index (κ2) is 3.95. The van der Waals surface area contributed by atoms with E-state index in [4.69, 9.17) is 0 Å². The van der Waals surface area contributed by atoms with Crippen molar-refractivity contribution in [2.45, 2.75) is 40.5 Å². The van der Waals surface area contributed by atoms with Crippen molar-refractivity contribution < 1.29 is 0 Å². The van der Waals surface area contributed by atoms with E-state index in [0.29, 0.717) is 5.41 Å². The maximum absolute atomic E-state index is 2.34. The SMILES string of the molecule is C/C=C/C=C1/C=C(C)CC(C)(C)C1. The Bertz CT molecular complexity index is 262. The van der Waals surface area contributed by atoms with Crippen molar-refractivity contribution in [1.29, 1.82) is 0 Å². The minimum atomic E-state index is 0.451. The lowest BCUT2D eigenvalue weighted by Crippen LogP contribution is -2.16. The van der Waals surface area contributed by atoms with E-state index in [9.17, 15) is 0 Å². The van der Waals surface area contributed by atoms with Crippen LogP contribution in [0.25, 0.3) is 0 Å². The number of allylic oxidation sites excluding steroid dienone is 6. The molecule has 0 aliphatic heterocycles. The standard InChI is InChI=1S/C13H20/c1-5-6-7-12-8-11(2)9-13(3,4)10-12/h5-8H,9-10H2,1-4H3/b6-5+,12-7-. The molecule has 0 fully saturated rings. The van der Waals surface area contributed by atoms with Crippen LogP contribution in [0.1, 0.15) is 40.5 Å². The summed E-state index contributed by atoms with van der Waals surface area (Å²) in [6, 6.07) is 0. The molecule has 1 rings (SSSR count). The summed E-state index contributed by atoms with van der Waals surface area (Å²) < 4.78 is 0. The summed E-state index contributed by atoms with van der Waals surface area (Å²) in [6.07, 6.45) is 11.2. The van der Waals surface area contributed by atoms with Crippen molar-refractivity contribution in [3.05, 3.63) is 35.5 Å². The molecule has 0 radical (unpaired) electrons.